The van der Waals surface area contributed by atoms with Crippen LogP contribution in [-0.4, -0.2) is 29.4 Å². The number of hydrogen-bond acceptors (Lipinski definition) is 4. The summed E-state index contributed by atoms with van der Waals surface area (Å²) < 4.78 is 5.14. The first kappa shape index (κ1) is 11.2. The Morgan fingerprint density at radius 3 is 2.93 bits per heavy atom. The van der Waals surface area contributed by atoms with Crippen LogP contribution in [0, 0.1) is 0 Å². The lowest BCUT2D eigenvalue weighted by Gasteiger charge is -2.10. The summed E-state index contributed by atoms with van der Waals surface area (Å²) in [5.41, 5.74) is 0. The molecule has 1 heterocycles. The predicted octanol–water partition coefficient (Wildman–Crippen LogP) is 1.27. The summed E-state index contributed by atoms with van der Waals surface area (Å²) in [7, 11) is 0. The zero-order valence-electron chi connectivity index (χ0n) is 7.55. The summed E-state index contributed by atoms with van der Waals surface area (Å²) in [4.78, 5) is 11.5. The molecule has 0 amide bonds. The molecule has 78 valence electrons. The Morgan fingerprint density at radius 1 is 1.64 bits per heavy atom. The van der Waals surface area contributed by atoms with Gasteiger partial charge in [-0.1, -0.05) is 6.07 Å². The quantitative estimate of drug-likeness (QED) is 0.703. The van der Waals surface area contributed by atoms with Crippen LogP contribution < -0.4 is 0 Å². The minimum Gasteiger partial charge on any atom is -0.479 e. The van der Waals surface area contributed by atoms with Gasteiger partial charge in [-0.2, -0.15) is 0 Å². The number of carboxylic acids is 1. The summed E-state index contributed by atoms with van der Waals surface area (Å²) in [6, 6.07) is 3.51. The molecule has 1 aromatic rings. The fraction of sp³-hybridized carbons (Fsp3) is 0.444. The molecule has 0 fully saturated rings. The van der Waals surface area contributed by atoms with E-state index in [2.05, 4.69) is 0 Å². The van der Waals surface area contributed by atoms with E-state index in [0.29, 0.717) is 11.3 Å². The van der Waals surface area contributed by atoms with Crippen molar-refractivity contribution in [2.24, 2.45) is 0 Å². The summed E-state index contributed by atoms with van der Waals surface area (Å²) in [6.45, 7) is 0.266. The molecule has 0 spiro atoms. The van der Waals surface area contributed by atoms with E-state index in [1.165, 1.54) is 11.3 Å². The molecular formula is C9H12O4S. The maximum atomic E-state index is 10.8. The second kappa shape index (κ2) is 5.74. The average molecular weight is 216 g/mol. The number of rotatable bonds is 6. The van der Waals surface area contributed by atoms with Gasteiger partial charge < -0.3 is 14.9 Å². The smallest absolute Gasteiger partial charge is 0.338 e. The van der Waals surface area contributed by atoms with Crippen LogP contribution >= 0.6 is 11.3 Å². The lowest BCUT2D eigenvalue weighted by atomic mass is 10.3. The van der Waals surface area contributed by atoms with E-state index in [1.807, 2.05) is 0 Å². The topological polar surface area (TPSA) is 66.8 Å². The van der Waals surface area contributed by atoms with Crippen molar-refractivity contribution >= 4 is 17.3 Å². The molecular weight excluding hydrogens is 204 g/mol. The van der Waals surface area contributed by atoms with Crippen LogP contribution in [0.25, 0.3) is 0 Å². The first-order chi connectivity index (χ1) is 6.75. The van der Waals surface area contributed by atoms with E-state index < -0.39 is 12.1 Å². The Morgan fingerprint density at radius 2 is 2.43 bits per heavy atom. The zero-order valence-corrected chi connectivity index (χ0v) is 8.37. The molecule has 2 N–H and O–H groups in total. The maximum Gasteiger partial charge on any atom is 0.338 e. The molecule has 1 unspecified atom stereocenters. The number of thiophene rings is 1. The number of carbonyl (C=O) groups is 1. The van der Waals surface area contributed by atoms with E-state index in [0.717, 1.165) is 0 Å². The van der Waals surface area contributed by atoms with E-state index in [9.17, 15) is 4.79 Å². The van der Waals surface area contributed by atoms with Gasteiger partial charge in [0.25, 0.3) is 0 Å². The first-order valence-corrected chi connectivity index (χ1v) is 5.12. The molecule has 0 radical (unpaired) electrons. The van der Waals surface area contributed by atoms with Crippen LogP contribution in [0.15, 0.2) is 17.5 Å². The predicted molar refractivity (Wildman–Crippen MR) is 52.4 cm³/mol. The van der Waals surface area contributed by atoms with Crippen molar-refractivity contribution in [3.05, 3.63) is 22.4 Å². The van der Waals surface area contributed by atoms with Gasteiger partial charge in [-0.15, -0.1) is 11.3 Å². The van der Waals surface area contributed by atoms with Crippen LogP contribution in [0.4, 0.5) is 0 Å². The molecule has 0 aromatic carbocycles. The minimum atomic E-state index is -0.995. The summed E-state index contributed by atoms with van der Waals surface area (Å²) in [6.07, 6.45) is -0.448. The molecule has 1 atom stereocenters. The highest BCUT2D eigenvalue weighted by molar-refractivity contribution is 7.10. The van der Waals surface area contributed by atoms with E-state index in [-0.39, 0.29) is 13.2 Å². The number of ether oxygens (including phenoxy) is 1. The van der Waals surface area contributed by atoms with E-state index in [1.54, 1.807) is 17.5 Å². The second-order valence-corrected chi connectivity index (χ2v) is 3.66. The van der Waals surface area contributed by atoms with Crippen molar-refractivity contribution in [3.8, 4) is 0 Å². The molecule has 0 saturated heterocycles. The fourth-order valence-electron chi connectivity index (χ4n) is 0.981. The third kappa shape index (κ3) is 3.10. The molecule has 4 nitrogen and oxygen atoms in total. The van der Waals surface area contributed by atoms with Crippen LogP contribution in [0.2, 0.25) is 0 Å². The lowest BCUT2D eigenvalue weighted by molar-refractivity contribution is -0.150. The standard InChI is InChI=1S/C9H12O4S/c10-4-2-5-13-8(9(11)12)7-3-1-6-14-7/h1,3,6,8,10H,2,4-5H2,(H,11,12). The van der Waals surface area contributed by atoms with Crippen LogP contribution in [0.3, 0.4) is 0 Å². The second-order valence-electron chi connectivity index (χ2n) is 2.68. The number of aliphatic carboxylic acids is 1. The Bertz CT molecular complexity index is 270. The SMILES string of the molecule is O=C(O)C(OCCCO)c1cccs1. The minimum absolute atomic E-state index is 0.0107. The highest BCUT2D eigenvalue weighted by Gasteiger charge is 2.20. The molecule has 14 heavy (non-hydrogen) atoms. The zero-order chi connectivity index (χ0) is 10.4. The third-order valence-corrected chi connectivity index (χ3v) is 2.53. The molecule has 1 rings (SSSR count). The number of hydrogen-bond donors (Lipinski definition) is 2. The van der Waals surface area contributed by atoms with Gasteiger partial charge in [-0.3, -0.25) is 0 Å². The summed E-state index contributed by atoms with van der Waals surface area (Å²) in [5.74, 6) is -0.995. The van der Waals surface area contributed by atoms with Gasteiger partial charge in [0.05, 0.1) is 6.61 Å². The van der Waals surface area contributed by atoms with Crippen LogP contribution in [-0.2, 0) is 9.53 Å². The third-order valence-electron chi connectivity index (χ3n) is 1.61. The van der Waals surface area contributed by atoms with E-state index >= 15 is 0 Å². The van der Waals surface area contributed by atoms with Crippen molar-refractivity contribution in [1.29, 1.82) is 0 Å². The number of aliphatic hydroxyl groups excluding tert-OH is 1. The number of aliphatic hydroxyl groups is 1. The van der Waals surface area contributed by atoms with Gasteiger partial charge in [-0.05, 0) is 17.9 Å². The average Bonchev–Trinajstić information content (AvgIpc) is 2.64. The molecule has 1 aromatic heterocycles. The Labute approximate surface area is 85.8 Å². The molecule has 5 heteroatoms. The Kier molecular flexibility index (Phi) is 4.58. The first-order valence-electron chi connectivity index (χ1n) is 4.24. The molecule has 0 aliphatic carbocycles. The Hall–Kier alpha value is -0.910. The number of carboxylic acid groups (broad SMARTS) is 1. The van der Waals surface area contributed by atoms with Gasteiger partial charge in [0, 0.05) is 11.5 Å². The van der Waals surface area contributed by atoms with Crippen LogP contribution in [0.1, 0.15) is 17.4 Å². The van der Waals surface area contributed by atoms with Crippen molar-refractivity contribution in [2.75, 3.05) is 13.2 Å². The van der Waals surface area contributed by atoms with Crippen molar-refractivity contribution in [1.82, 2.24) is 0 Å². The molecule has 0 aliphatic rings. The largest absolute Gasteiger partial charge is 0.479 e. The molecule has 0 aliphatic heterocycles. The van der Waals surface area contributed by atoms with Crippen molar-refractivity contribution in [2.45, 2.75) is 12.5 Å². The normalized spacial score (nSPS) is 12.6. The fourth-order valence-corrected chi connectivity index (χ4v) is 1.75. The van der Waals surface area contributed by atoms with Crippen molar-refractivity contribution in [3.63, 3.8) is 0 Å². The van der Waals surface area contributed by atoms with Gasteiger partial charge in [0.2, 0.25) is 0 Å². The van der Waals surface area contributed by atoms with E-state index in [4.69, 9.17) is 14.9 Å². The van der Waals surface area contributed by atoms with Gasteiger partial charge >= 0.3 is 5.97 Å². The van der Waals surface area contributed by atoms with Gasteiger partial charge in [-0.25, -0.2) is 4.79 Å². The van der Waals surface area contributed by atoms with Crippen LogP contribution in [0.5, 0.6) is 0 Å². The highest BCUT2D eigenvalue weighted by Crippen LogP contribution is 2.22. The summed E-state index contributed by atoms with van der Waals surface area (Å²) in [5, 5.41) is 19.2. The maximum absolute atomic E-state index is 10.8. The van der Waals surface area contributed by atoms with Gasteiger partial charge in [0.1, 0.15) is 0 Å². The van der Waals surface area contributed by atoms with Crippen molar-refractivity contribution < 1.29 is 19.7 Å². The lowest BCUT2D eigenvalue weighted by Crippen LogP contribution is -2.15. The molecule has 0 bridgehead atoms. The monoisotopic (exact) mass is 216 g/mol. The highest BCUT2D eigenvalue weighted by atomic mass is 32.1. The van der Waals surface area contributed by atoms with Gasteiger partial charge in [0.15, 0.2) is 6.10 Å². The molecule has 0 saturated carbocycles. The summed E-state index contributed by atoms with van der Waals surface area (Å²) >= 11 is 1.35. The Balaban J connectivity index is 2.52.